The molecule has 2 aromatic carbocycles. The summed E-state index contributed by atoms with van der Waals surface area (Å²) in [5.74, 6) is -0.0752. The maximum absolute atomic E-state index is 12.2. The molecule has 122 valence electrons. The number of nitrogens with one attached hydrogen (secondary N) is 1. The third-order valence-electron chi connectivity index (χ3n) is 3.60. The summed E-state index contributed by atoms with van der Waals surface area (Å²) in [7, 11) is 0. The van der Waals surface area contributed by atoms with E-state index in [1.807, 2.05) is 35.0 Å². The molecule has 0 aliphatic carbocycles. The van der Waals surface area contributed by atoms with Crippen LogP contribution in [0.4, 0.5) is 0 Å². The molecule has 0 saturated heterocycles. The molecule has 0 unspecified atom stereocenters. The molecule has 24 heavy (non-hydrogen) atoms. The minimum Gasteiger partial charge on any atom is -0.352 e. The molecular weight excluding hydrogens is 345 g/mol. The fraction of sp³-hybridized carbons (Fsp3) is 0.111. The molecule has 1 N–H and O–H groups in total. The van der Waals surface area contributed by atoms with Gasteiger partial charge in [-0.15, -0.1) is 0 Å². The smallest absolute Gasteiger partial charge is 0.224 e. The van der Waals surface area contributed by atoms with Gasteiger partial charge in [0.05, 0.1) is 28.5 Å². The number of imidazole rings is 1. The molecule has 0 radical (unpaired) electrons. The average Bonchev–Trinajstić information content (AvgIpc) is 3.11. The van der Waals surface area contributed by atoms with Gasteiger partial charge in [-0.3, -0.25) is 4.79 Å². The first-order valence-corrected chi connectivity index (χ1v) is 8.16. The summed E-state index contributed by atoms with van der Waals surface area (Å²) in [4.78, 5) is 16.2. The lowest BCUT2D eigenvalue weighted by Gasteiger charge is -2.11. The highest BCUT2D eigenvalue weighted by Crippen LogP contribution is 2.22. The molecule has 0 spiro atoms. The van der Waals surface area contributed by atoms with Crippen molar-refractivity contribution < 1.29 is 4.79 Å². The summed E-state index contributed by atoms with van der Waals surface area (Å²) in [6.07, 6.45) is 5.58. The van der Waals surface area contributed by atoms with E-state index >= 15 is 0 Å². The number of halogens is 2. The van der Waals surface area contributed by atoms with Crippen LogP contribution in [0.2, 0.25) is 10.0 Å². The summed E-state index contributed by atoms with van der Waals surface area (Å²) in [6.45, 7) is 0.439. The fourth-order valence-electron chi connectivity index (χ4n) is 2.41. The number of para-hydroxylation sites is 1. The van der Waals surface area contributed by atoms with Gasteiger partial charge in [-0.05, 0) is 29.3 Å². The second-order valence-electron chi connectivity index (χ2n) is 5.30. The Morgan fingerprint density at radius 2 is 1.96 bits per heavy atom. The molecule has 1 aromatic heterocycles. The van der Waals surface area contributed by atoms with Crippen molar-refractivity contribution >= 4 is 29.1 Å². The highest BCUT2D eigenvalue weighted by atomic mass is 35.5. The number of nitrogens with zero attached hydrogens (tertiary/aromatic N) is 2. The molecule has 3 rings (SSSR count). The van der Waals surface area contributed by atoms with Gasteiger partial charge in [-0.2, -0.15) is 0 Å². The Morgan fingerprint density at radius 3 is 2.71 bits per heavy atom. The molecule has 1 amide bonds. The number of aromatic nitrogens is 2. The SMILES string of the molecule is O=C(Cc1ccc(Cl)c(Cl)c1)NCc1ccccc1-n1ccnc1. The number of hydrogen-bond acceptors (Lipinski definition) is 2. The largest absolute Gasteiger partial charge is 0.352 e. The third kappa shape index (κ3) is 3.96. The monoisotopic (exact) mass is 359 g/mol. The lowest BCUT2D eigenvalue weighted by Crippen LogP contribution is -2.25. The Kier molecular flexibility index (Phi) is 5.18. The number of carbonyl (C=O) groups is 1. The number of benzene rings is 2. The van der Waals surface area contributed by atoms with Gasteiger partial charge >= 0.3 is 0 Å². The quantitative estimate of drug-likeness (QED) is 0.747. The van der Waals surface area contributed by atoms with Crippen molar-refractivity contribution in [3.63, 3.8) is 0 Å². The van der Waals surface area contributed by atoms with E-state index in [-0.39, 0.29) is 12.3 Å². The van der Waals surface area contributed by atoms with E-state index in [0.717, 1.165) is 16.8 Å². The Hall–Kier alpha value is -2.30. The highest BCUT2D eigenvalue weighted by Gasteiger charge is 2.08. The van der Waals surface area contributed by atoms with Crippen LogP contribution in [0.5, 0.6) is 0 Å². The van der Waals surface area contributed by atoms with Gasteiger partial charge in [0.2, 0.25) is 5.91 Å². The first kappa shape index (κ1) is 16.6. The normalized spacial score (nSPS) is 10.6. The summed E-state index contributed by atoms with van der Waals surface area (Å²) < 4.78 is 1.92. The lowest BCUT2D eigenvalue weighted by atomic mass is 10.1. The van der Waals surface area contributed by atoms with E-state index in [1.165, 1.54) is 0 Å². The van der Waals surface area contributed by atoms with E-state index in [0.29, 0.717) is 16.6 Å². The molecule has 0 aliphatic heterocycles. The van der Waals surface area contributed by atoms with Crippen LogP contribution in [-0.4, -0.2) is 15.5 Å². The standard InChI is InChI=1S/C18H15Cl2N3O/c19-15-6-5-13(9-16(15)20)10-18(24)22-11-14-3-1-2-4-17(14)23-8-7-21-12-23/h1-9,12H,10-11H2,(H,22,24). The zero-order valence-electron chi connectivity index (χ0n) is 12.7. The highest BCUT2D eigenvalue weighted by molar-refractivity contribution is 6.42. The Bertz CT molecular complexity index is 847. The second kappa shape index (κ2) is 7.51. The molecule has 6 heteroatoms. The molecule has 4 nitrogen and oxygen atoms in total. The molecule has 3 aromatic rings. The molecular formula is C18H15Cl2N3O. The Morgan fingerprint density at radius 1 is 1.12 bits per heavy atom. The molecule has 0 aliphatic rings. The Balaban J connectivity index is 1.66. The van der Waals surface area contributed by atoms with E-state index < -0.39 is 0 Å². The predicted octanol–water partition coefficient (Wildman–Crippen LogP) is 4.04. The maximum atomic E-state index is 12.2. The van der Waals surface area contributed by atoms with E-state index in [2.05, 4.69) is 10.3 Å². The zero-order chi connectivity index (χ0) is 16.9. The minimum atomic E-state index is -0.0752. The molecule has 0 saturated carbocycles. The van der Waals surface area contributed by atoms with Crippen molar-refractivity contribution in [2.45, 2.75) is 13.0 Å². The first-order valence-electron chi connectivity index (χ1n) is 7.40. The summed E-state index contributed by atoms with van der Waals surface area (Å²) in [6, 6.07) is 13.1. The molecule has 0 fully saturated rings. The van der Waals surface area contributed by atoms with Crippen LogP contribution in [0.15, 0.2) is 61.2 Å². The average molecular weight is 360 g/mol. The number of hydrogen-bond donors (Lipinski definition) is 1. The molecule has 1 heterocycles. The second-order valence-corrected chi connectivity index (χ2v) is 6.12. The summed E-state index contributed by atoms with van der Waals surface area (Å²) in [5, 5.41) is 3.87. The van der Waals surface area contributed by atoms with Gasteiger partial charge in [0.15, 0.2) is 0 Å². The van der Waals surface area contributed by atoms with Crippen molar-refractivity contribution in [2.24, 2.45) is 0 Å². The van der Waals surface area contributed by atoms with Gasteiger partial charge in [0, 0.05) is 18.9 Å². The zero-order valence-corrected chi connectivity index (χ0v) is 14.3. The van der Waals surface area contributed by atoms with Gasteiger partial charge < -0.3 is 9.88 Å². The lowest BCUT2D eigenvalue weighted by molar-refractivity contribution is -0.120. The van der Waals surface area contributed by atoms with Crippen LogP contribution in [0.25, 0.3) is 5.69 Å². The fourth-order valence-corrected chi connectivity index (χ4v) is 2.73. The number of rotatable bonds is 5. The number of carbonyl (C=O) groups excluding carboxylic acids is 1. The summed E-state index contributed by atoms with van der Waals surface area (Å²) >= 11 is 11.9. The van der Waals surface area contributed by atoms with E-state index in [4.69, 9.17) is 23.2 Å². The minimum absolute atomic E-state index is 0.0752. The van der Waals surface area contributed by atoms with Gasteiger partial charge in [0.1, 0.15) is 0 Å². The third-order valence-corrected chi connectivity index (χ3v) is 4.34. The van der Waals surface area contributed by atoms with Crippen LogP contribution in [0.3, 0.4) is 0 Å². The van der Waals surface area contributed by atoms with Crippen molar-refractivity contribution in [1.82, 2.24) is 14.9 Å². The summed E-state index contributed by atoms with van der Waals surface area (Å²) in [5.41, 5.74) is 2.83. The van der Waals surface area contributed by atoms with Crippen LogP contribution < -0.4 is 5.32 Å². The van der Waals surface area contributed by atoms with Crippen LogP contribution >= 0.6 is 23.2 Å². The van der Waals surface area contributed by atoms with Crippen LogP contribution in [0, 0.1) is 0 Å². The van der Waals surface area contributed by atoms with E-state index in [1.54, 1.807) is 30.7 Å². The van der Waals surface area contributed by atoms with Gasteiger partial charge in [-0.1, -0.05) is 47.5 Å². The van der Waals surface area contributed by atoms with Gasteiger partial charge in [-0.25, -0.2) is 4.98 Å². The van der Waals surface area contributed by atoms with E-state index in [9.17, 15) is 4.79 Å². The predicted molar refractivity (Wildman–Crippen MR) is 95.6 cm³/mol. The van der Waals surface area contributed by atoms with Crippen LogP contribution in [0.1, 0.15) is 11.1 Å². The van der Waals surface area contributed by atoms with Crippen LogP contribution in [-0.2, 0) is 17.8 Å². The van der Waals surface area contributed by atoms with Crippen molar-refractivity contribution in [2.75, 3.05) is 0 Å². The molecule has 0 atom stereocenters. The van der Waals surface area contributed by atoms with Crippen molar-refractivity contribution in [1.29, 1.82) is 0 Å². The van der Waals surface area contributed by atoms with Crippen molar-refractivity contribution in [3.05, 3.63) is 82.4 Å². The van der Waals surface area contributed by atoms with Gasteiger partial charge in [0.25, 0.3) is 0 Å². The molecule has 0 bridgehead atoms. The maximum Gasteiger partial charge on any atom is 0.224 e. The number of amides is 1. The van der Waals surface area contributed by atoms with Crippen molar-refractivity contribution in [3.8, 4) is 5.69 Å². The topological polar surface area (TPSA) is 46.9 Å². The Labute approximate surface area is 150 Å². The first-order chi connectivity index (χ1) is 11.6.